The van der Waals surface area contributed by atoms with Crippen LogP contribution >= 0.6 is 0 Å². The second kappa shape index (κ2) is 10.0. The molecule has 0 aromatic heterocycles. The summed E-state index contributed by atoms with van der Waals surface area (Å²) in [5.41, 5.74) is 7.07. The summed E-state index contributed by atoms with van der Waals surface area (Å²) in [7, 11) is 0. The Morgan fingerprint density at radius 2 is 1.19 bits per heavy atom. The molecule has 0 heterocycles. The van der Waals surface area contributed by atoms with E-state index in [2.05, 4.69) is 71.0 Å². The van der Waals surface area contributed by atoms with Gasteiger partial charge in [0, 0.05) is 0 Å². The van der Waals surface area contributed by atoms with Gasteiger partial charge in [-0.25, -0.2) is 12.1 Å². The molecule has 2 aromatic rings. The van der Waals surface area contributed by atoms with Crippen molar-refractivity contribution in [2.45, 2.75) is 40.0 Å². The normalized spacial score (nSPS) is 9.57. The quantitative estimate of drug-likeness (QED) is 0.366. The molecule has 4 heteroatoms. The minimum atomic E-state index is 0. The van der Waals surface area contributed by atoms with Gasteiger partial charge >= 0.3 is 21.7 Å². The van der Waals surface area contributed by atoms with Crippen molar-refractivity contribution in [2.24, 2.45) is 0 Å². The number of halogens is 3. The van der Waals surface area contributed by atoms with E-state index >= 15 is 0 Å². The Hall–Kier alpha value is 0.154. The fourth-order valence-electron chi connectivity index (χ4n) is 2.35. The van der Waals surface area contributed by atoms with Gasteiger partial charge in [0.15, 0.2) is 0 Å². The average molecular weight is 380 g/mol. The minimum Gasteiger partial charge on any atom is -1.00 e. The molecule has 0 radical (unpaired) electrons. The standard InChI is InChI=1S/C17H21.3ClH.Ti/c1-12-10-16(11-13(2)14(12)3)17(4,5)15-8-6-7-9-15;;;;/h6-11H,1-5H3;3*1H;/q-1;;;;+4/p-3. The van der Waals surface area contributed by atoms with Crippen LogP contribution in [0.3, 0.4) is 0 Å². The molecule has 0 spiro atoms. The van der Waals surface area contributed by atoms with E-state index in [0.29, 0.717) is 0 Å². The summed E-state index contributed by atoms with van der Waals surface area (Å²) < 4.78 is 0. The van der Waals surface area contributed by atoms with Crippen molar-refractivity contribution in [3.05, 3.63) is 64.2 Å². The van der Waals surface area contributed by atoms with Gasteiger partial charge in [-0.3, -0.25) is 0 Å². The van der Waals surface area contributed by atoms with Crippen LogP contribution < -0.4 is 37.2 Å². The van der Waals surface area contributed by atoms with Gasteiger partial charge in [0.2, 0.25) is 0 Å². The Bertz CT molecular complexity index is 508. The third kappa shape index (κ3) is 5.37. The summed E-state index contributed by atoms with van der Waals surface area (Å²) in [5.74, 6) is 0. The number of aryl methyl sites for hydroxylation is 2. The Morgan fingerprint density at radius 3 is 1.57 bits per heavy atom. The van der Waals surface area contributed by atoms with Crippen molar-refractivity contribution in [3.8, 4) is 0 Å². The Kier molecular flexibility index (Phi) is 12.5. The second-order valence-corrected chi connectivity index (χ2v) is 5.53. The fourth-order valence-corrected chi connectivity index (χ4v) is 2.35. The smallest absolute Gasteiger partial charge is 1.00 e. The molecule has 0 N–H and O–H groups in total. The molecule has 114 valence electrons. The van der Waals surface area contributed by atoms with Crippen LogP contribution in [0.25, 0.3) is 0 Å². The van der Waals surface area contributed by atoms with Gasteiger partial charge in [-0.05, 0) is 48.4 Å². The molecule has 0 fully saturated rings. The predicted molar refractivity (Wildman–Crippen MR) is 74.8 cm³/mol. The van der Waals surface area contributed by atoms with Gasteiger partial charge in [0.05, 0.1) is 0 Å². The van der Waals surface area contributed by atoms with Crippen molar-refractivity contribution in [3.63, 3.8) is 0 Å². The van der Waals surface area contributed by atoms with E-state index in [-0.39, 0.29) is 64.4 Å². The predicted octanol–water partition coefficient (Wildman–Crippen LogP) is -4.33. The Balaban J connectivity index is -0.000000810. The molecule has 0 bridgehead atoms. The van der Waals surface area contributed by atoms with Crippen molar-refractivity contribution >= 4 is 0 Å². The number of benzene rings is 1. The van der Waals surface area contributed by atoms with Crippen molar-refractivity contribution in [2.75, 3.05) is 0 Å². The third-order valence-electron chi connectivity index (χ3n) is 4.03. The van der Waals surface area contributed by atoms with E-state index < -0.39 is 0 Å². The Morgan fingerprint density at radius 1 is 0.810 bits per heavy atom. The molecule has 0 aliphatic rings. The summed E-state index contributed by atoms with van der Waals surface area (Å²) in [6.07, 6.45) is 0. The van der Waals surface area contributed by atoms with Crippen LogP contribution in [0.15, 0.2) is 36.4 Å². The van der Waals surface area contributed by atoms with Crippen LogP contribution in [0.5, 0.6) is 0 Å². The molecule has 0 saturated heterocycles. The van der Waals surface area contributed by atoms with E-state index in [1.165, 1.54) is 27.8 Å². The van der Waals surface area contributed by atoms with Gasteiger partial charge in [-0.1, -0.05) is 26.0 Å². The summed E-state index contributed by atoms with van der Waals surface area (Å²) >= 11 is 0. The number of hydrogen-bond donors (Lipinski definition) is 0. The molecule has 0 atom stereocenters. The molecule has 2 aromatic carbocycles. The monoisotopic (exact) mass is 378 g/mol. The molecule has 0 aliphatic heterocycles. The zero-order chi connectivity index (χ0) is 12.6. The van der Waals surface area contributed by atoms with Gasteiger partial charge in [0.1, 0.15) is 0 Å². The van der Waals surface area contributed by atoms with Gasteiger partial charge in [0.25, 0.3) is 0 Å². The van der Waals surface area contributed by atoms with Crippen LogP contribution in [0, 0.1) is 20.8 Å². The molecular formula is C17H21Cl3Ti. The van der Waals surface area contributed by atoms with Crippen LogP contribution in [0.4, 0.5) is 0 Å². The van der Waals surface area contributed by atoms with E-state index in [9.17, 15) is 0 Å². The summed E-state index contributed by atoms with van der Waals surface area (Å²) in [6.45, 7) is 11.2. The van der Waals surface area contributed by atoms with Gasteiger partial charge < -0.3 is 37.2 Å². The van der Waals surface area contributed by atoms with E-state index in [0.717, 1.165) is 0 Å². The topological polar surface area (TPSA) is 0 Å². The van der Waals surface area contributed by atoms with Gasteiger partial charge in [-0.2, -0.15) is 12.1 Å². The van der Waals surface area contributed by atoms with Gasteiger partial charge in [-0.15, -0.1) is 5.56 Å². The number of hydrogen-bond acceptors (Lipinski definition) is 0. The molecule has 0 saturated carbocycles. The van der Waals surface area contributed by atoms with E-state index in [1.807, 2.05) is 0 Å². The maximum atomic E-state index is 2.33. The average Bonchev–Trinajstić information content (AvgIpc) is 2.79. The largest absolute Gasteiger partial charge is 4.00 e. The maximum absolute atomic E-state index is 2.33. The van der Waals surface area contributed by atoms with Crippen LogP contribution in [0.2, 0.25) is 0 Å². The first-order valence-corrected chi connectivity index (χ1v) is 6.23. The fraction of sp³-hybridized carbons (Fsp3) is 0.353. The molecule has 0 aliphatic carbocycles. The second-order valence-electron chi connectivity index (χ2n) is 5.53. The summed E-state index contributed by atoms with van der Waals surface area (Å²) in [5, 5.41) is 0. The van der Waals surface area contributed by atoms with Crippen LogP contribution in [-0.4, -0.2) is 0 Å². The van der Waals surface area contributed by atoms with E-state index in [4.69, 9.17) is 0 Å². The zero-order valence-electron chi connectivity index (χ0n) is 13.1. The molecule has 21 heavy (non-hydrogen) atoms. The van der Waals surface area contributed by atoms with Crippen molar-refractivity contribution in [1.82, 2.24) is 0 Å². The number of rotatable bonds is 2. The minimum absolute atomic E-state index is 0. The maximum Gasteiger partial charge on any atom is 4.00 e. The molecule has 0 amide bonds. The SMILES string of the molecule is Cc1cc(C(C)(C)[c-]2cccc2)cc(C)c1C.[Cl-].[Cl-].[Cl-].[Ti+4]. The molecule has 0 nitrogen and oxygen atoms in total. The zero-order valence-corrected chi connectivity index (χ0v) is 16.9. The first-order chi connectivity index (χ1) is 7.93. The van der Waals surface area contributed by atoms with Crippen molar-refractivity contribution < 1.29 is 58.9 Å². The van der Waals surface area contributed by atoms with Crippen LogP contribution in [-0.2, 0) is 27.1 Å². The Labute approximate surface area is 162 Å². The van der Waals surface area contributed by atoms with Crippen LogP contribution in [0.1, 0.15) is 41.7 Å². The third-order valence-corrected chi connectivity index (χ3v) is 4.03. The molecule has 2 rings (SSSR count). The molecule has 0 unspecified atom stereocenters. The van der Waals surface area contributed by atoms with Crippen molar-refractivity contribution in [1.29, 1.82) is 0 Å². The summed E-state index contributed by atoms with van der Waals surface area (Å²) in [6, 6.07) is 13.3. The summed E-state index contributed by atoms with van der Waals surface area (Å²) in [4.78, 5) is 0. The van der Waals surface area contributed by atoms with E-state index in [1.54, 1.807) is 0 Å². The molecular weight excluding hydrogens is 358 g/mol. The first kappa shape index (κ1) is 26.1. The first-order valence-electron chi connectivity index (χ1n) is 6.23.